The van der Waals surface area contributed by atoms with Crippen molar-refractivity contribution in [3.8, 4) is 0 Å². The highest BCUT2D eigenvalue weighted by molar-refractivity contribution is 5.89. The standard InChI is InChI=1S/C21H22FNO3/c22-18-9-4-8-17(13-18)21(10-5-11-21)20(26)23-14-16(19(24)25)12-15-6-2-1-3-7-15/h1-4,6-9,13,16H,5,10-12,14H2,(H,23,26)(H,24,25). The first kappa shape index (κ1) is 18.1. The van der Waals surface area contributed by atoms with E-state index in [4.69, 9.17) is 0 Å². The molecular formula is C21H22FNO3. The van der Waals surface area contributed by atoms with E-state index >= 15 is 0 Å². The third kappa shape index (κ3) is 3.77. The fourth-order valence-corrected chi connectivity index (χ4v) is 3.49. The predicted molar refractivity (Wildman–Crippen MR) is 96.2 cm³/mol. The smallest absolute Gasteiger partial charge is 0.308 e. The molecular weight excluding hydrogens is 333 g/mol. The molecule has 1 unspecified atom stereocenters. The van der Waals surface area contributed by atoms with Crippen LogP contribution in [0.4, 0.5) is 4.39 Å². The lowest BCUT2D eigenvalue weighted by Gasteiger charge is -2.41. The van der Waals surface area contributed by atoms with Gasteiger partial charge in [0.2, 0.25) is 5.91 Å². The van der Waals surface area contributed by atoms with Gasteiger partial charge in [-0.25, -0.2) is 4.39 Å². The molecule has 1 saturated carbocycles. The first-order valence-corrected chi connectivity index (χ1v) is 8.82. The van der Waals surface area contributed by atoms with Gasteiger partial charge in [0.25, 0.3) is 0 Å². The first-order chi connectivity index (χ1) is 12.5. The van der Waals surface area contributed by atoms with Gasteiger partial charge in [-0.2, -0.15) is 0 Å². The minimum Gasteiger partial charge on any atom is -0.481 e. The lowest BCUT2D eigenvalue weighted by atomic mass is 9.63. The molecule has 26 heavy (non-hydrogen) atoms. The van der Waals surface area contributed by atoms with Crippen LogP contribution in [0.5, 0.6) is 0 Å². The second-order valence-corrected chi connectivity index (χ2v) is 6.88. The van der Waals surface area contributed by atoms with Gasteiger partial charge in [0.05, 0.1) is 11.3 Å². The van der Waals surface area contributed by atoms with Gasteiger partial charge in [0.15, 0.2) is 0 Å². The van der Waals surface area contributed by atoms with E-state index in [1.54, 1.807) is 12.1 Å². The number of carbonyl (C=O) groups is 2. The number of carbonyl (C=O) groups excluding carboxylic acids is 1. The summed E-state index contributed by atoms with van der Waals surface area (Å²) in [5, 5.41) is 12.3. The van der Waals surface area contributed by atoms with E-state index in [1.807, 2.05) is 30.3 Å². The quantitative estimate of drug-likeness (QED) is 0.801. The van der Waals surface area contributed by atoms with E-state index in [0.29, 0.717) is 24.8 Å². The van der Waals surface area contributed by atoms with Crippen LogP contribution in [0.2, 0.25) is 0 Å². The predicted octanol–water partition coefficient (Wildman–Crippen LogP) is 3.31. The molecule has 2 aromatic carbocycles. The second-order valence-electron chi connectivity index (χ2n) is 6.88. The molecule has 0 radical (unpaired) electrons. The van der Waals surface area contributed by atoms with Crippen molar-refractivity contribution in [3.05, 3.63) is 71.5 Å². The molecule has 3 rings (SSSR count). The summed E-state index contributed by atoms with van der Waals surface area (Å²) in [5.74, 6) is -2.23. The number of carboxylic acid groups (broad SMARTS) is 1. The zero-order valence-corrected chi connectivity index (χ0v) is 14.5. The molecule has 0 aromatic heterocycles. The number of nitrogens with one attached hydrogen (secondary N) is 1. The first-order valence-electron chi connectivity index (χ1n) is 8.82. The highest BCUT2D eigenvalue weighted by atomic mass is 19.1. The van der Waals surface area contributed by atoms with Crippen molar-refractivity contribution in [3.63, 3.8) is 0 Å². The molecule has 136 valence electrons. The molecule has 0 saturated heterocycles. The van der Waals surface area contributed by atoms with Crippen molar-refractivity contribution in [1.82, 2.24) is 5.32 Å². The van der Waals surface area contributed by atoms with Crippen molar-refractivity contribution >= 4 is 11.9 Å². The zero-order valence-electron chi connectivity index (χ0n) is 14.5. The van der Waals surface area contributed by atoms with Crippen molar-refractivity contribution in [2.75, 3.05) is 6.54 Å². The molecule has 0 bridgehead atoms. The normalized spacial score (nSPS) is 16.3. The van der Waals surface area contributed by atoms with Crippen LogP contribution < -0.4 is 5.32 Å². The summed E-state index contributed by atoms with van der Waals surface area (Å²) in [6, 6.07) is 15.5. The largest absolute Gasteiger partial charge is 0.481 e. The number of rotatable bonds is 7. The number of hydrogen-bond acceptors (Lipinski definition) is 2. The van der Waals surface area contributed by atoms with Crippen LogP contribution in [-0.4, -0.2) is 23.5 Å². The van der Waals surface area contributed by atoms with E-state index in [-0.39, 0.29) is 18.3 Å². The topological polar surface area (TPSA) is 66.4 Å². The highest BCUT2D eigenvalue weighted by Crippen LogP contribution is 2.44. The Bertz CT molecular complexity index is 787. The summed E-state index contributed by atoms with van der Waals surface area (Å²) >= 11 is 0. The molecule has 1 aliphatic carbocycles. The maximum Gasteiger partial charge on any atom is 0.308 e. The summed E-state index contributed by atoms with van der Waals surface area (Å²) < 4.78 is 13.6. The number of carboxylic acids is 1. The molecule has 2 N–H and O–H groups in total. The molecule has 5 heteroatoms. The summed E-state index contributed by atoms with van der Waals surface area (Å²) in [7, 11) is 0. The van der Waals surface area contributed by atoms with Gasteiger partial charge in [-0.05, 0) is 42.5 Å². The van der Waals surface area contributed by atoms with E-state index in [0.717, 1.165) is 12.0 Å². The Morgan fingerprint density at radius 1 is 1.12 bits per heavy atom. The Labute approximate surface area is 152 Å². The Kier molecular flexibility index (Phi) is 5.35. The van der Waals surface area contributed by atoms with Gasteiger partial charge in [0, 0.05) is 6.54 Å². The summed E-state index contributed by atoms with van der Waals surface area (Å²) in [4.78, 5) is 24.4. The van der Waals surface area contributed by atoms with E-state index in [1.165, 1.54) is 12.1 Å². The lowest BCUT2D eigenvalue weighted by Crippen LogP contribution is -2.50. The van der Waals surface area contributed by atoms with E-state index in [9.17, 15) is 19.1 Å². The zero-order chi connectivity index (χ0) is 18.6. The Balaban J connectivity index is 1.68. The molecule has 0 spiro atoms. The summed E-state index contributed by atoms with van der Waals surface area (Å²) in [6.07, 6.45) is 2.55. The minimum absolute atomic E-state index is 0.0557. The number of hydrogen-bond donors (Lipinski definition) is 2. The molecule has 0 aliphatic heterocycles. The fraction of sp³-hybridized carbons (Fsp3) is 0.333. The van der Waals surface area contributed by atoms with Gasteiger partial charge in [-0.1, -0.05) is 48.9 Å². The SMILES string of the molecule is O=C(O)C(CNC(=O)C1(c2cccc(F)c2)CCC1)Cc1ccccc1. The Morgan fingerprint density at radius 2 is 1.85 bits per heavy atom. The maximum atomic E-state index is 13.6. The number of halogens is 1. The average molecular weight is 355 g/mol. The van der Waals surface area contributed by atoms with Crippen molar-refractivity contribution in [1.29, 1.82) is 0 Å². The third-order valence-electron chi connectivity index (χ3n) is 5.20. The second kappa shape index (κ2) is 7.68. The Hall–Kier alpha value is -2.69. The number of aliphatic carboxylic acids is 1. The molecule has 0 heterocycles. The third-order valence-corrected chi connectivity index (χ3v) is 5.20. The Morgan fingerprint density at radius 3 is 2.42 bits per heavy atom. The lowest BCUT2D eigenvalue weighted by molar-refractivity contribution is -0.141. The molecule has 1 aliphatic rings. The van der Waals surface area contributed by atoms with E-state index < -0.39 is 17.3 Å². The maximum absolute atomic E-state index is 13.6. The molecule has 4 nitrogen and oxygen atoms in total. The summed E-state index contributed by atoms with van der Waals surface area (Å²) in [5.41, 5.74) is 0.839. The minimum atomic E-state index is -0.942. The van der Waals surface area contributed by atoms with Crippen LogP contribution in [0, 0.1) is 11.7 Å². The van der Waals surface area contributed by atoms with E-state index in [2.05, 4.69) is 5.32 Å². The van der Waals surface area contributed by atoms with Crippen LogP contribution in [-0.2, 0) is 21.4 Å². The van der Waals surface area contributed by atoms with Crippen molar-refractivity contribution in [2.24, 2.45) is 5.92 Å². The van der Waals surface area contributed by atoms with Gasteiger partial charge in [-0.3, -0.25) is 9.59 Å². The highest BCUT2D eigenvalue weighted by Gasteiger charge is 2.45. The summed E-state index contributed by atoms with van der Waals surface area (Å²) in [6.45, 7) is 0.0557. The van der Waals surface area contributed by atoms with Crippen LogP contribution >= 0.6 is 0 Å². The average Bonchev–Trinajstić information content (AvgIpc) is 2.58. The van der Waals surface area contributed by atoms with Gasteiger partial charge < -0.3 is 10.4 Å². The number of amides is 1. The molecule has 1 amide bonds. The van der Waals surface area contributed by atoms with Crippen LogP contribution in [0.25, 0.3) is 0 Å². The molecule has 1 fully saturated rings. The van der Waals surface area contributed by atoms with Gasteiger partial charge in [-0.15, -0.1) is 0 Å². The van der Waals surface area contributed by atoms with Gasteiger partial charge in [0.1, 0.15) is 5.82 Å². The van der Waals surface area contributed by atoms with Crippen molar-refractivity contribution < 1.29 is 19.1 Å². The number of benzene rings is 2. The molecule has 1 atom stereocenters. The molecule has 2 aromatic rings. The monoisotopic (exact) mass is 355 g/mol. The van der Waals surface area contributed by atoms with Crippen LogP contribution in [0.1, 0.15) is 30.4 Å². The van der Waals surface area contributed by atoms with Crippen molar-refractivity contribution in [2.45, 2.75) is 31.1 Å². The fourth-order valence-electron chi connectivity index (χ4n) is 3.49. The van der Waals surface area contributed by atoms with Crippen LogP contribution in [0.15, 0.2) is 54.6 Å². The van der Waals surface area contributed by atoms with Gasteiger partial charge >= 0.3 is 5.97 Å². The van der Waals surface area contributed by atoms with Crippen LogP contribution in [0.3, 0.4) is 0 Å².